The Balaban J connectivity index is 1.81. The Morgan fingerprint density at radius 1 is 1.14 bits per heavy atom. The first-order valence-electron chi connectivity index (χ1n) is 8.98. The van der Waals surface area contributed by atoms with E-state index in [4.69, 9.17) is 9.26 Å². The minimum Gasteiger partial charge on any atom is -0.489 e. The second-order valence-corrected chi connectivity index (χ2v) is 6.83. The summed E-state index contributed by atoms with van der Waals surface area (Å²) in [6, 6.07) is 10.3. The van der Waals surface area contributed by atoms with Crippen molar-refractivity contribution in [3.8, 4) is 5.75 Å². The number of benzene rings is 2. The van der Waals surface area contributed by atoms with Gasteiger partial charge in [0.1, 0.15) is 23.8 Å². The monoisotopic (exact) mass is 395 g/mol. The minimum absolute atomic E-state index is 0.0289. The number of hydrogen-bond acceptors (Lipinski definition) is 6. The highest BCUT2D eigenvalue weighted by atomic mass is 16.6. The van der Waals surface area contributed by atoms with Gasteiger partial charge in [0.15, 0.2) is 5.69 Å². The number of anilines is 1. The number of hydrogen-bond donors (Lipinski definition) is 1. The first-order chi connectivity index (χ1) is 13.8. The lowest BCUT2D eigenvalue weighted by atomic mass is 10.1. The van der Waals surface area contributed by atoms with E-state index in [1.807, 2.05) is 32.0 Å². The third-order valence-electron chi connectivity index (χ3n) is 4.66. The molecule has 29 heavy (non-hydrogen) atoms. The minimum atomic E-state index is -0.604. The van der Waals surface area contributed by atoms with Gasteiger partial charge in [0.05, 0.1) is 10.5 Å². The zero-order valence-electron chi connectivity index (χ0n) is 16.6. The molecule has 0 fully saturated rings. The predicted molar refractivity (Wildman–Crippen MR) is 107 cm³/mol. The summed E-state index contributed by atoms with van der Waals surface area (Å²) < 4.78 is 11.0. The van der Waals surface area contributed by atoms with E-state index in [0.717, 1.165) is 16.7 Å². The first kappa shape index (κ1) is 20.1. The van der Waals surface area contributed by atoms with Gasteiger partial charge in [0.2, 0.25) is 0 Å². The lowest BCUT2D eigenvalue weighted by molar-refractivity contribution is -0.384. The molecule has 1 N–H and O–H groups in total. The summed E-state index contributed by atoms with van der Waals surface area (Å²) in [5.41, 5.74) is 3.37. The summed E-state index contributed by atoms with van der Waals surface area (Å²) in [6.45, 7) is 7.49. The Labute approximate surface area is 167 Å². The van der Waals surface area contributed by atoms with Gasteiger partial charge in [-0.1, -0.05) is 17.3 Å². The SMILES string of the molecule is Cc1ccc(NC(=O)c2noc(C)c2COc2ccc(C)c(C)c2)c([N+](=O)[O-])c1. The first-order valence-corrected chi connectivity index (χ1v) is 8.98. The van der Waals surface area contributed by atoms with Crippen LogP contribution in [0, 0.1) is 37.8 Å². The Kier molecular flexibility index (Phi) is 5.63. The van der Waals surface area contributed by atoms with Crippen LogP contribution >= 0.6 is 0 Å². The molecule has 0 aliphatic carbocycles. The van der Waals surface area contributed by atoms with Crippen molar-refractivity contribution in [3.63, 3.8) is 0 Å². The predicted octanol–water partition coefficient (Wildman–Crippen LogP) is 4.65. The zero-order chi connectivity index (χ0) is 21.1. The van der Waals surface area contributed by atoms with E-state index >= 15 is 0 Å². The number of ether oxygens (including phenoxy) is 1. The van der Waals surface area contributed by atoms with Crippen molar-refractivity contribution in [2.24, 2.45) is 0 Å². The molecular weight excluding hydrogens is 374 g/mol. The molecule has 1 amide bonds. The maximum Gasteiger partial charge on any atom is 0.293 e. The van der Waals surface area contributed by atoms with Gasteiger partial charge in [-0.05, 0) is 62.6 Å². The highest BCUT2D eigenvalue weighted by molar-refractivity contribution is 6.05. The van der Waals surface area contributed by atoms with Gasteiger partial charge in [-0.25, -0.2) is 0 Å². The van der Waals surface area contributed by atoms with Crippen LogP contribution in [0.1, 0.15) is 38.5 Å². The van der Waals surface area contributed by atoms with Gasteiger partial charge in [-0.15, -0.1) is 0 Å². The van der Waals surface area contributed by atoms with Crippen LogP contribution in [-0.2, 0) is 6.61 Å². The quantitative estimate of drug-likeness (QED) is 0.481. The molecule has 3 rings (SSSR count). The molecule has 150 valence electrons. The van der Waals surface area contributed by atoms with Crippen LogP contribution < -0.4 is 10.1 Å². The van der Waals surface area contributed by atoms with Gasteiger partial charge in [0.25, 0.3) is 11.6 Å². The van der Waals surface area contributed by atoms with Crippen LogP contribution in [0.5, 0.6) is 5.75 Å². The fourth-order valence-electron chi connectivity index (χ4n) is 2.78. The third-order valence-corrected chi connectivity index (χ3v) is 4.66. The smallest absolute Gasteiger partial charge is 0.293 e. The van der Waals surface area contributed by atoms with Crippen molar-refractivity contribution in [1.29, 1.82) is 0 Å². The lowest BCUT2D eigenvalue weighted by Crippen LogP contribution is -2.16. The second-order valence-electron chi connectivity index (χ2n) is 6.83. The van der Waals surface area contributed by atoms with E-state index in [9.17, 15) is 14.9 Å². The van der Waals surface area contributed by atoms with Crippen LogP contribution in [0.2, 0.25) is 0 Å². The fourth-order valence-corrected chi connectivity index (χ4v) is 2.78. The summed E-state index contributed by atoms with van der Waals surface area (Å²) in [7, 11) is 0. The van der Waals surface area contributed by atoms with Crippen LogP contribution in [0.15, 0.2) is 40.9 Å². The highest BCUT2D eigenvalue weighted by Gasteiger charge is 2.23. The Morgan fingerprint density at radius 2 is 1.90 bits per heavy atom. The molecule has 0 bridgehead atoms. The number of aryl methyl sites for hydroxylation is 4. The van der Waals surface area contributed by atoms with E-state index < -0.39 is 10.8 Å². The maximum absolute atomic E-state index is 12.7. The number of carbonyl (C=O) groups is 1. The van der Waals surface area contributed by atoms with Crippen LogP contribution in [0.3, 0.4) is 0 Å². The normalized spacial score (nSPS) is 10.6. The van der Waals surface area contributed by atoms with E-state index in [2.05, 4.69) is 10.5 Å². The van der Waals surface area contributed by atoms with Gasteiger partial charge >= 0.3 is 0 Å². The number of nitro benzene ring substituents is 1. The summed E-state index contributed by atoms with van der Waals surface area (Å²) in [5, 5.41) is 17.6. The number of amides is 1. The zero-order valence-corrected chi connectivity index (χ0v) is 16.6. The Morgan fingerprint density at radius 3 is 2.59 bits per heavy atom. The summed E-state index contributed by atoms with van der Waals surface area (Å²) in [6.07, 6.45) is 0. The Bertz CT molecular complexity index is 1090. The molecular formula is C21H21N3O5. The van der Waals surface area contributed by atoms with Crippen molar-refractivity contribution in [3.05, 3.63) is 80.2 Å². The number of nitrogens with zero attached hydrogens (tertiary/aromatic N) is 2. The van der Waals surface area contributed by atoms with Gasteiger partial charge in [-0.3, -0.25) is 14.9 Å². The summed E-state index contributed by atoms with van der Waals surface area (Å²) in [4.78, 5) is 23.4. The topological polar surface area (TPSA) is 108 Å². The van der Waals surface area contributed by atoms with Crippen molar-refractivity contribution in [2.45, 2.75) is 34.3 Å². The Hall–Kier alpha value is -3.68. The molecule has 1 heterocycles. The molecule has 0 saturated heterocycles. The molecule has 0 aliphatic rings. The summed E-state index contributed by atoms with van der Waals surface area (Å²) >= 11 is 0. The van der Waals surface area contributed by atoms with Gasteiger partial charge < -0.3 is 14.6 Å². The molecule has 3 aromatic rings. The van der Waals surface area contributed by atoms with Crippen LogP contribution in [0.4, 0.5) is 11.4 Å². The van der Waals surface area contributed by atoms with E-state index in [0.29, 0.717) is 17.1 Å². The van der Waals surface area contributed by atoms with Crippen molar-refractivity contribution >= 4 is 17.3 Å². The molecule has 2 aromatic carbocycles. The molecule has 8 heteroatoms. The number of carbonyl (C=O) groups excluding carboxylic acids is 1. The molecule has 0 unspecified atom stereocenters. The number of nitrogens with one attached hydrogen (secondary N) is 1. The van der Waals surface area contributed by atoms with Crippen LogP contribution in [0.25, 0.3) is 0 Å². The van der Waals surface area contributed by atoms with Crippen molar-refractivity contribution in [2.75, 3.05) is 5.32 Å². The largest absolute Gasteiger partial charge is 0.489 e. The molecule has 1 aromatic heterocycles. The van der Waals surface area contributed by atoms with E-state index in [1.165, 1.54) is 12.1 Å². The van der Waals surface area contributed by atoms with E-state index in [-0.39, 0.29) is 23.7 Å². The van der Waals surface area contributed by atoms with Crippen molar-refractivity contribution < 1.29 is 19.0 Å². The molecule has 0 atom stereocenters. The highest BCUT2D eigenvalue weighted by Crippen LogP contribution is 2.27. The van der Waals surface area contributed by atoms with Gasteiger partial charge in [-0.2, -0.15) is 0 Å². The molecule has 0 spiro atoms. The third kappa shape index (κ3) is 4.43. The average Bonchev–Trinajstić information content (AvgIpc) is 3.04. The number of nitro groups is 1. The lowest BCUT2D eigenvalue weighted by Gasteiger charge is -2.09. The van der Waals surface area contributed by atoms with Gasteiger partial charge in [0, 0.05) is 6.07 Å². The number of aromatic nitrogens is 1. The van der Waals surface area contributed by atoms with E-state index in [1.54, 1.807) is 19.9 Å². The summed E-state index contributed by atoms with van der Waals surface area (Å²) in [5.74, 6) is 0.499. The molecule has 0 aliphatic heterocycles. The molecule has 8 nitrogen and oxygen atoms in total. The average molecular weight is 395 g/mol. The standard InChI is InChI=1S/C21H21N3O5/c1-12-5-8-18(19(9-12)24(26)27)22-21(25)20-17(15(4)29-23-20)11-28-16-7-6-13(2)14(3)10-16/h5-10H,11H2,1-4H3,(H,22,25). The van der Waals surface area contributed by atoms with Crippen LogP contribution in [-0.4, -0.2) is 16.0 Å². The molecule has 0 radical (unpaired) electrons. The second kappa shape index (κ2) is 8.14. The number of rotatable bonds is 6. The van der Waals surface area contributed by atoms with Crippen molar-refractivity contribution in [1.82, 2.24) is 5.16 Å². The fraction of sp³-hybridized carbons (Fsp3) is 0.238. The molecule has 0 saturated carbocycles. The maximum atomic E-state index is 12.7.